The molecule has 4 N–H and O–H groups in total. The molecule has 2 amide bonds. The van der Waals surface area contributed by atoms with Gasteiger partial charge in [0.1, 0.15) is 23.6 Å². The number of carbonyl (C=O) groups is 2. The fourth-order valence-corrected chi connectivity index (χ4v) is 5.01. The highest BCUT2D eigenvalue weighted by Crippen LogP contribution is 2.39. The number of hydrogen-bond donors (Lipinski definition) is 4. The number of amides is 2. The predicted molar refractivity (Wildman–Crippen MR) is 132 cm³/mol. The third-order valence-corrected chi connectivity index (χ3v) is 7.68. The smallest absolute Gasteiger partial charge is 0.263 e. The highest BCUT2D eigenvalue weighted by molar-refractivity contribution is 6.31. The quantitative estimate of drug-likeness (QED) is 0.405. The van der Waals surface area contributed by atoms with Gasteiger partial charge in [0.15, 0.2) is 6.29 Å². The Morgan fingerprint density at radius 3 is 2.86 bits per heavy atom. The van der Waals surface area contributed by atoms with Crippen molar-refractivity contribution in [1.82, 2.24) is 21.1 Å². The van der Waals surface area contributed by atoms with Gasteiger partial charge in [0.05, 0.1) is 18.2 Å². The molecule has 9 nitrogen and oxygen atoms in total. The highest BCUT2D eigenvalue weighted by Gasteiger charge is 2.45. The Morgan fingerprint density at radius 2 is 2.14 bits per heavy atom. The van der Waals surface area contributed by atoms with E-state index in [1.54, 1.807) is 24.3 Å². The number of hydrazine groups is 1. The van der Waals surface area contributed by atoms with Crippen LogP contribution in [0.5, 0.6) is 5.75 Å². The molecule has 10 heteroatoms. The lowest BCUT2D eigenvalue weighted by atomic mass is 9.69. The summed E-state index contributed by atoms with van der Waals surface area (Å²) in [5.41, 5.74) is 3.28. The van der Waals surface area contributed by atoms with E-state index in [4.69, 9.17) is 16.3 Å². The van der Waals surface area contributed by atoms with Crippen LogP contribution in [0.3, 0.4) is 0 Å². The van der Waals surface area contributed by atoms with Gasteiger partial charge in [-0.05, 0) is 31.4 Å². The SMILES string of the molecule is O=C(NCC1(CO)CCC1)c1ccccc1OCC1NC2N=C(C3C=CC=CC3)NN2C(=O)C1Cl. The van der Waals surface area contributed by atoms with Crippen LogP contribution in [0.2, 0.25) is 0 Å². The number of alkyl halides is 1. The molecule has 0 radical (unpaired) electrons. The number of allylic oxidation sites excluding steroid dienone is 3. The number of aliphatic imine (C=N–C) groups is 1. The summed E-state index contributed by atoms with van der Waals surface area (Å²) in [5, 5.41) is 16.4. The number of aliphatic hydroxyl groups is 1. The van der Waals surface area contributed by atoms with Crippen molar-refractivity contribution >= 4 is 29.3 Å². The van der Waals surface area contributed by atoms with Gasteiger partial charge in [0, 0.05) is 17.9 Å². The van der Waals surface area contributed by atoms with Crippen LogP contribution < -0.4 is 20.8 Å². The van der Waals surface area contributed by atoms with Gasteiger partial charge in [-0.15, -0.1) is 11.6 Å². The Labute approximate surface area is 209 Å². The molecule has 2 aliphatic heterocycles. The van der Waals surface area contributed by atoms with Crippen molar-refractivity contribution in [1.29, 1.82) is 0 Å². The molecular formula is C25H30ClN5O4. The van der Waals surface area contributed by atoms with Crippen molar-refractivity contribution in [2.45, 2.75) is 43.4 Å². The summed E-state index contributed by atoms with van der Waals surface area (Å²) in [6.07, 6.45) is 11.2. The lowest BCUT2D eigenvalue weighted by Gasteiger charge is -2.40. The summed E-state index contributed by atoms with van der Waals surface area (Å²) in [5.74, 6) is 0.671. The van der Waals surface area contributed by atoms with Gasteiger partial charge in [-0.3, -0.25) is 20.3 Å². The molecule has 1 saturated heterocycles. The first-order valence-corrected chi connectivity index (χ1v) is 12.5. The van der Waals surface area contributed by atoms with E-state index < -0.39 is 17.7 Å². The van der Waals surface area contributed by atoms with Crippen LogP contribution in [0, 0.1) is 11.3 Å². The maximum absolute atomic E-state index is 12.9. The number of amidine groups is 1. The second-order valence-electron chi connectivity index (χ2n) is 9.54. The molecule has 2 heterocycles. The fourth-order valence-electron chi connectivity index (χ4n) is 4.76. The first kappa shape index (κ1) is 23.8. The summed E-state index contributed by atoms with van der Waals surface area (Å²) in [6, 6.07) is 6.47. The van der Waals surface area contributed by atoms with E-state index in [0.29, 0.717) is 17.9 Å². The monoisotopic (exact) mass is 499 g/mol. The maximum atomic E-state index is 12.9. The van der Waals surface area contributed by atoms with Crippen molar-refractivity contribution in [3.8, 4) is 5.75 Å². The van der Waals surface area contributed by atoms with Crippen LogP contribution in [0.15, 0.2) is 53.6 Å². The van der Waals surface area contributed by atoms with Gasteiger partial charge < -0.3 is 15.2 Å². The maximum Gasteiger partial charge on any atom is 0.263 e. The third kappa shape index (κ3) is 4.80. The largest absolute Gasteiger partial charge is 0.491 e. The number of carbonyl (C=O) groups excluding carboxylic acids is 2. The first-order valence-electron chi connectivity index (χ1n) is 12.0. The lowest BCUT2D eigenvalue weighted by molar-refractivity contribution is -0.139. The van der Waals surface area contributed by atoms with E-state index in [-0.39, 0.29) is 36.4 Å². The number of fused-ring (bicyclic) bond motifs is 1. The third-order valence-electron chi connectivity index (χ3n) is 7.19. The molecule has 4 aliphatic rings. The van der Waals surface area contributed by atoms with Crippen molar-refractivity contribution in [2.24, 2.45) is 16.3 Å². The Hall–Kier alpha value is -2.88. The number of aliphatic hydroxyl groups excluding tert-OH is 1. The molecule has 1 saturated carbocycles. The van der Waals surface area contributed by atoms with Crippen LogP contribution in [-0.4, -0.2) is 65.2 Å². The van der Waals surface area contributed by atoms with Gasteiger partial charge >= 0.3 is 0 Å². The van der Waals surface area contributed by atoms with Gasteiger partial charge in [0.2, 0.25) is 0 Å². The number of rotatable bonds is 8. The standard InChI is InChI=1S/C25H30ClN5O4/c26-20-18(28-24-29-21(30-31(24)23(20)34)16-7-2-1-3-8-16)13-35-19-10-5-4-9-17(19)22(33)27-14-25(15-32)11-6-12-25/h1-5,7,9-10,16,18,20,24,28,32H,6,8,11-15H2,(H,27,33)(H,29,30). The fraction of sp³-hybridized carbons (Fsp3) is 0.480. The number of halogens is 1. The molecule has 0 bridgehead atoms. The van der Waals surface area contributed by atoms with Crippen LogP contribution in [0.4, 0.5) is 0 Å². The Morgan fingerprint density at radius 1 is 1.31 bits per heavy atom. The van der Waals surface area contributed by atoms with E-state index in [0.717, 1.165) is 31.5 Å². The average Bonchev–Trinajstić information content (AvgIpc) is 3.30. The minimum Gasteiger partial charge on any atom is -0.491 e. The van der Waals surface area contributed by atoms with Gasteiger partial charge in [-0.25, -0.2) is 10.0 Å². The summed E-state index contributed by atoms with van der Waals surface area (Å²) in [7, 11) is 0. The molecule has 35 heavy (non-hydrogen) atoms. The zero-order chi connectivity index (χ0) is 24.4. The molecule has 5 rings (SSSR count). The molecule has 1 aromatic carbocycles. The minimum absolute atomic E-state index is 0.0644. The second kappa shape index (κ2) is 10.0. The number of para-hydroxylation sites is 1. The van der Waals surface area contributed by atoms with Crippen molar-refractivity contribution in [3.63, 3.8) is 0 Å². The number of nitrogens with one attached hydrogen (secondary N) is 3. The topological polar surface area (TPSA) is 115 Å². The van der Waals surface area contributed by atoms with Gasteiger partial charge in [-0.1, -0.05) is 42.9 Å². The molecule has 0 spiro atoms. The van der Waals surface area contributed by atoms with Crippen molar-refractivity contribution in [2.75, 3.05) is 19.8 Å². The Kier molecular flexibility index (Phi) is 6.82. The molecule has 186 valence electrons. The Balaban J connectivity index is 1.22. The van der Waals surface area contributed by atoms with Crippen LogP contribution in [0.25, 0.3) is 0 Å². The molecule has 2 aliphatic carbocycles. The van der Waals surface area contributed by atoms with Crippen molar-refractivity contribution in [3.05, 3.63) is 54.1 Å². The molecule has 2 fully saturated rings. The van der Waals surface area contributed by atoms with E-state index in [1.165, 1.54) is 5.01 Å². The summed E-state index contributed by atoms with van der Waals surface area (Å²) in [4.78, 5) is 30.4. The van der Waals surface area contributed by atoms with Crippen LogP contribution in [-0.2, 0) is 4.79 Å². The molecule has 0 aromatic heterocycles. The zero-order valence-electron chi connectivity index (χ0n) is 19.3. The van der Waals surface area contributed by atoms with Gasteiger partial charge in [0.25, 0.3) is 11.8 Å². The predicted octanol–water partition coefficient (Wildman–Crippen LogP) is 1.70. The summed E-state index contributed by atoms with van der Waals surface area (Å²) in [6.45, 7) is 0.580. The summed E-state index contributed by atoms with van der Waals surface area (Å²) < 4.78 is 5.99. The van der Waals surface area contributed by atoms with E-state index >= 15 is 0 Å². The average molecular weight is 500 g/mol. The first-order chi connectivity index (χ1) is 17.0. The zero-order valence-corrected chi connectivity index (χ0v) is 20.1. The van der Waals surface area contributed by atoms with Crippen LogP contribution in [0.1, 0.15) is 36.0 Å². The molecule has 4 atom stereocenters. The second-order valence-corrected chi connectivity index (χ2v) is 10.0. The summed E-state index contributed by atoms with van der Waals surface area (Å²) >= 11 is 6.49. The number of nitrogens with zero attached hydrogens (tertiary/aromatic N) is 2. The van der Waals surface area contributed by atoms with E-state index in [2.05, 4.69) is 27.1 Å². The van der Waals surface area contributed by atoms with Gasteiger partial charge in [-0.2, -0.15) is 0 Å². The van der Waals surface area contributed by atoms with E-state index in [9.17, 15) is 14.7 Å². The van der Waals surface area contributed by atoms with Crippen molar-refractivity contribution < 1.29 is 19.4 Å². The lowest BCUT2D eigenvalue weighted by Crippen LogP contribution is -2.66. The normalized spacial score (nSPS) is 28.6. The molecular weight excluding hydrogens is 470 g/mol. The minimum atomic E-state index is -0.862. The number of ether oxygens (including phenoxy) is 1. The molecule has 4 unspecified atom stereocenters. The number of benzene rings is 1. The highest BCUT2D eigenvalue weighted by atomic mass is 35.5. The van der Waals surface area contributed by atoms with E-state index in [1.807, 2.05) is 18.2 Å². The molecule has 1 aromatic rings. The Bertz CT molecular complexity index is 1060. The number of hydrogen-bond acceptors (Lipinski definition) is 7. The van der Waals surface area contributed by atoms with Crippen LogP contribution >= 0.6 is 11.6 Å².